The molecule has 1 aromatic heterocycles. The minimum Gasteiger partial charge on any atom is -0.361 e. The number of hydrogen-bond acceptors (Lipinski definition) is 3. The number of amides is 3. The highest BCUT2D eigenvalue weighted by Crippen LogP contribution is 2.35. The van der Waals surface area contributed by atoms with E-state index in [4.69, 9.17) is 0 Å². The summed E-state index contributed by atoms with van der Waals surface area (Å²) in [4.78, 5) is 42.0. The molecule has 0 bridgehead atoms. The molecule has 4 rings (SSSR count). The van der Waals surface area contributed by atoms with Gasteiger partial charge in [-0.05, 0) is 31.0 Å². The Balaban J connectivity index is 1.36. The van der Waals surface area contributed by atoms with Crippen LogP contribution in [0.5, 0.6) is 0 Å². The van der Waals surface area contributed by atoms with Gasteiger partial charge in [-0.3, -0.25) is 14.4 Å². The lowest BCUT2D eigenvalue weighted by Crippen LogP contribution is -2.44. The maximum absolute atomic E-state index is 12.6. The van der Waals surface area contributed by atoms with E-state index < -0.39 is 17.9 Å². The number of nitrogens with zero attached hydrogens (tertiary/aromatic N) is 1. The third kappa shape index (κ3) is 3.47. The molecule has 2 aromatic carbocycles. The predicted octanol–water partition coefficient (Wildman–Crippen LogP) is 2.05. The van der Waals surface area contributed by atoms with Gasteiger partial charge >= 0.3 is 11.8 Å². The summed E-state index contributed by atoms with van der Waals surface area (Å²) in [5.41, 5.74) is 3.58. The Morgan fingerprint density at radius 1 is 1.07 bits per heavy atom. The topological polar surface area (TPSA) is 94.3 Å². The van der Waals surface area contributed by atoms with Crippen molar-refractivity contribution in [2.75, 3.05) is 18.0 Å². The molecule has 1 atom stereocenters. The van der Waals surface area contributed by atoms with Crippen molar-refractivity contribution in [2.45, 2.75) is 19.4 Å². The lowest BCUT2D eigenvalue weighted by molar-refractivity contribution is -0.140. The number of nitrogens with one attached hydrogen (secondary N) is 3. The van der Waals surface area contributed by atoms with Crippen molar-refractivity contribution in [1.29, 1.82) is 0 Å². The van der Waals surface area contributed by atoms with Crippen LogP contribution in [0.3, 0.4) is 0 Å². The van der Waals surface area contributed by atoms with E-state index >= 15 is 0 Å². The molecule has 0 saturated heterocycles. The number of rotatable bonds is 5. The molecule has 0 fully saturated rings. The summed E-state index contributed by atoms with van der Waals surface area (Å²) >= 11 is 0. The van der Waals surface area contributed by atoms with Crippen LogP contribution in [0.15, 0.2) is 54.7 Å². The molecule has 3 N–H and O–H groups in total. The van der Waals surface area contributed by atoms with Crippen molar-refractivity contribution in [1.82, 2.24) is 15.6 Å². The van der Waals surface area contributed by atoms with Crippen molar-refractivity contribution < 1.29 is 14.4 Å². The van der Waals surface area contributed by atoms with Crippen LogP contribution in [0, 0.1) is 0 Å². The molecule has 148 valence electrons. The van der Waals surface area contributed by atoms with E-state index in [0.29, 0.717) is 25.1 Å². The van der Waals surface area contributed by atoms with E-state index in [1.807, 2.05) is 55.6 Å². The number of anilines is 1. The van der Waals surface area contributed by atoms with E-state index in [0.717, 1.165) is 22.2 Å². The fourth-order valence-corrected chi connectivity index (χ4v) is 3.78. The largest absolute Gasteiger partial charge is 0.361 e. The summed E-state index contributed by atoms with van der Waals surface area (Å²) in [5.74, 6) is -1.78. The minimum absolute atomic E-state index is 0.228. The third-order valence-electron chi connectivity index (χ3n) is 5.20. The van der Waals surface area contributed by atoms with E-state index in [2.05, 4.69) is 15.6 Å². The molecule has 7 nitrogen and oxygen atoms in total. The second-order valence-electron chi connectivity index (χ2n) is 6.91. The van der Waals surface area contributed by atoms with Crippen LogP contribution in [-0.4, -0.2) is 35.8 Å². The quantitative estimate of drug-likeness (QED) is 0.582. The Morgan fingerprint density at radius 3 is 2.66 bits per heavy atom. The van der Waals surface area contributed by atoms with Crippen molar-refractivity contribution in [3.8, 4) is 0 Å². The summed E-state index contributed by atoms with van der Waals surface area (Å²) in [6.45, 7) is 2.69. The number of hydrogen-bond donors (Lipinski definition) is 3. The Bertz CT molecular complexity index is 1090. The maximum Gasteiger partial charge on any atom is 0.310 e. The van der Waals surface area contributed by atoms with Gasteiger partial charge in [0.15, 0.2) is 0 Å². The van der Waals surface area contributed by atoms with Crippen LogP contribution in [0.25, 0.3) is 10.9 Å². The number of H-pyrrole nitrogens is 1. The van der Waals surface area contributed by atoms with Crippen LogP contribution >= 0.6 is 0 Å². The van der Waals surface area contributed by atoms with Gasteiger partial charge < -0.3 is 20.5 Å². The summed E-state index contributed by atoms with van der Waals surface area (Å²) in [5, 5.41) is 6.30. The Labute approximate surface area is 168 Å². The first-order chi connectivity index (χ1) is 14.1. The number of fused-ring (bicyclic) bond motifs is 2. The predicted molar refractivity (Wildman–Crippen MR) is 110 cm³/mol. The molecule has 0 radical (unpaired) electrons. The zero-order valence-corrected chi connectivity index (χ0v) is 16.1. The van der Waals surface area contributed by atoms with Crippen LogP contribution in [0.4, 0.5) is 5.69 Å². The molecule has 0 saturated carbocycles. The number of benzene rings is 2. The van der Waals surface area contributed by atoms with Gasteiger partial charge in [-0.15, -0.1) is 0 Å². The standard InChI is InChI=1S/C22H22N4O3/c1-2-26-18-10-6-4-8-16(18)19(22(26)29)25-21(28)20(27)23-12-11-14-13-24-17-9-5-3-7-15(14)17/h3-10,13,19,24H,2,11-12H2,1H3,(H,23,27)(H,25,28)/t19-/m0/s1. The Hall–Kier alpha value is -3.61. The van der Waals surface area contributed by atoms with E-state index in [1.165, 1.54) is 0 Å². The summed E-state index contributed by atoms with van der Waals surface area (Å²) in [6.07, 6.45) is 2.50. The molecule has 0 spiro atoms. The second kappa shape index (κ2) is 7.79. The molecule has 3 aromatic rings. The molecule has 3 amide bonds. The second-order valence-corrected chi connectivity index (χ2v) is 6.91. The van der Waals surface area contributed by atoms with Crippen molar-refractivity contribution >= 4 is 34.3 Å². The van der Waals surface area contributed by atoms with Gasteiger partial charge in [-0.1, -0.05) is 36.4 Å². The maximum atomic E-state index is 12.6. The molecule has 1 aliphatic heterocycles. The molecule has 1 aliphatic rings. The number of carbonyl (C=O) groups excluding carboxylic acids is 3. The number of carbonyl (C=O) groups is 3. The summed E-state index contributed by atoms with van der Waals surface area (Å²) in [7, 11) is 0. The molecule has 0 aliphatic carbocycles. The molecule has 2 heterocycles. The van der Waals surface area contributed by atoms with Crippen LogP contribution in [-0.2, 0) is 20.8 Å². The Morgan fingerprint density at radius 2 is 1.83 bits per heavy atom. The first kappa shape index (κ1) is 18.7. The average Bonchev–Trinajstić information content (AvgIpc) is 3.27. The lowest BCUT2D eigenvalue weighted by atomic mass is 10.1. The zero-order valence-electron chi connectivity index (χ0n) is 16.1. The van der Waals surface area contributed by atoms with Gasteiger partial charge in [-0.25, -0.2) is 0 Å². The smallest absolute Gasteiger partial charge is 0.310 e. The number of aromatic amines is 1. The monoisotopic (exact) mass is 390 g/mol. The zero-order chi connectivity index (χ0) is 20.4. The fourth-order valence-electron chi connectivity index (χ4n) is 3.78. The highest BCUT2D eigenvalue weighted by molar-refractivity contribution is 6.35. The number of aromatic nitrogens is 1. The molecular formula is C22H22N4O3. The van der Waals surface area contributed by atoms with Gasteiger partial charge in [0, 0.05) is 41.4 Å². The highest BCUT2D eigenvalue weighted by atomic mass is 16.2. The highest BCUT2D eigenvalue weighted by Gasteiger charge is 2.37. The number of para-hydroxylation sites is 2. The number of likely N-dealkylation sites (N-methyl/N-ethyl adjacent to an activating group) is 1. The van der Waals surface area contributed by atoms with Gasteiger partial charge in [-0.2, -0.15) is 0 Å². The molecular weight excluding hydrogens is 368 g/mol. The molecule has 29 heavy (non-hydrogen) atoms. The Kier molecular flexibility index (Phi) is 5.03. The van der Waals surface area contributed by atoms with Crippen LogP contribution < -0.4 is 15.5 Å². The third-order valence-corrected chi connectivity index (χ3v) is 5.20. The van der Waals surface area contributed by atoms with E-state index in [1.54, 1.807) is 11.0 Å². The van der Waals surface area contributed by atoms with E-state index in [-0.39, 0.29) is 5.91 Å². The van der Waals surface area contributed by atoms with Gasteiger partial charge in [0.2, 0.25) is 0 Å². The summed E-state index contributed by atoms with van der Waals surface area (Å²) < 4.78 is 0. The molecule has 0 unspecified atom stereocenters. The van der Waals surface area contributed by atoms with Crippen LogP contribution in [0.2, 0.25) is 0 Å². The first-order valence-electron chi connectivity index (χ1n) is 9.64. The van der Waals surface area contributed by atoms with Gasteiger partial charge in [0.1, 0.15) is 6.04 Å². The average molecular weight is 390 g/mol. The van der Waals surface area contributed by atoms with Crippen molar-refractivity contribution in [2.24, 2.45) is 0 Å². The normalized spacial score (nSPS) is 15.4. The molecule has 7 heteroatoms. The van der Waals surface area contributed by atoms with Gasteiger partial charge in [0.25, 0.3) is 5.91 Å². The van der Waals surface area contributed by atoms with Gasteiger partial charge in [0.05, 0.1) is 0 Å². The van der Waals surface area contributed by atoms with E-state index in [9.17, 15) is 14.4 Å². The fraction of sp³-hybridized carbons (Fsp3) is 0.227. The minimum atomic E-state index is -0.835. The van der Waals surface area contributed by atoms with Crippen molar-refractivity contribution in [3.05, 3.63) is 65.9 Å². The SMILES string of the molecule is CCN1C(=O)[C@@H](NC(=O)C(=O)NCCc2c[nH]c3ccccc23)c2ccccc21. The lowest BCUT2D eigenvalue weighted by Gasteiger charge is -2.15. The first-order valence-corrected chi connectivity index (χ1v) is 9.64. The van der Waals surface area contributed by atoms with Crippen molar-refractivity contribution in [3.63, 3.8) is 0 Å². The summed E-state index contributed by atoms with van der Waals surface area (Å²) in [6, 6.07) is 14.4. The van der Waals surface area contributed by atoms with Crippen LogP contribution in [0.1, 0.15) is 24.1 Å².